The topological polar surface area (TPSA) is 79.3 Å². The highest BCUT2D eigenvalue weighted by Gasteiger charge is 2.30. The Labute approximate surface area is 154 Å². The van der Waals surface area contributed by atoms with Crippen LogP contribution in [0.5, 0.6) is 0 Å². The molecule has 0 saturated carbocycles. The number of carbonyl (C=O) groups excluding carboxylic acids is 2. The highest BCUT2D eigenvalue weighted by Crippen LogP contribution is 2.20. The van der Waals surface area contributed by atoms with Gasteiger partial charge in [0.15, 0.2) is 0 Å². The first kappa shape index (κ1) is 20.1. The number of nitrogens with one attached hydrogen (secondary N) is 2. The molecule has 2 aliphatic rings. The molecule has 2 fully saturated rings. The SMILES string of the molecule is C=C/C=c1/c(C2CCC(=O)NC2=O)nn(C)/c1=C/C.CN1CCNCC1. The van der Waals surface area contributed by atoms with Crippen LogP contribution >= 0.6 is 0 Å². The maximum atomic E-state index is 11.9. The Morgan fingerprint density at radius 2 is 1.92 bits per heavy atom. The van der Waals surface area contributed by atoms with Crippen molar-refractivity contribution in [2.24, 2.45) is 7.05 Å². The minimum Gasteiger partial charge on any atom is -0.314 e. The van der Waals surface area contributed by atoms with Crippen molar-refractivity contribution in [2.75, 3.05) is 33.2 Å². The molecule has 3 heterocycles. The molecule has 0 spiro atoms. The normalized spacial score (nSPS) is 22.7. The van der Waals surface area contributed by atoms with Crippen molar-refractivity contribution >= 4 is 24.0 Å². The van der Waals surface area contributed by atoms with E-state index in [1.54, 1.807) is 10.8 Å². The van der Waals surface area contributed by atoms with Crippen LogP contribution in [0.1, 0.15) is 31.4 Å². The van der Waals surface area contributed by atoms with Crippen LogP contribution in [-0.2, 0) is 16.6 Å². The number of hydrogen-bond acceptors (Lipinski definition) is 5. The van der Waals surface area contributed by atoms with Gasteiger partial charge >= 0.3 is 0 Å². The lowest BCUT2D eigenvalue weighted by Crippen LogP contribution is -2.41. The lowest BCUT2D eigenvalue weighted by atomic mass is 9.93. The lowest BCUT2D eigenvalue weighted by Gasteiger charge is -2.21. The second-order valence-electron chi connectivity index (χ2n) is 6.56. The molecule has 0 bridgehead atoms. The van der Waals surface area contributed by atoms with Gasteiger partial charge < -0.3 is 10.2 Å². The summed E-state index contributed by atoms with van der Waals surface area (Å²) in [5.41, 5.74) is 0.709. The summed E-state index contributed by atoms with van der Waals surface area (Å²) in [7, 11) is 3.99. The van der Waals surface area contributed by atoms with Crippen LogP contribution in [0.2, 0.25) is 0 Å². The summed E-state index contributed by atoms with van der Waals surface area (Å²) in [6, 6.07) is 0. The van der Waals surface area contributed by atoms with E-state index in [0.29, 0.717) is 18.5 Å². The van der Waals surface area contributed by atoms with Crippen LogP contribution in [0.4, 0.5) is 0 Å². The zero-order chi connectivity index (χ0) is 19.1. The van der Waals surface area contributed by atoms with Gasteiger partial charge in [0.2, 0.25) is 11.8 Å². The van der Waals surface area contributed by atoms with E-state index in [1.807, 2.05) is 26.1 Å². The summed E-state index contributed by atoms with van der Waals surface area (Å²) in [5.74, 6) is -0.853. The molecule has 2 N–H and O–H groups in total. The first-order valence-corrected chi connectivity index (χ1v) is 9.02. The molecule has 0 aromatic carbocycles. The third kappa shape index (κ3) is 4.89. The summed E-state index contributed by atoms with van der Waals surface area (Å²) in [4.78, 5) is 25.5. The molecule has 0 aliphatic carbocycles. The van der Waals surface area contributed by atoms with E-state index in [-0.39, 0.29) is 17.7 Å². The summed E-state index contributed by atoms with van der Waals surface area (Å²) in [6.07, 6.45) is 6.33. The van der Waals surface area contributed by atoms with Gasteiger partial charge in [0, 0.05) is 44.9 Å². The standard InChI is InChI=1S/C14H17N3O2.C5H12N2/c1-4-6-9-11(5-2)17(3)16-13(9)10-7-8-12(18)15-14(10)19;1-7-4-2-6-3-5-7/h4-6,10H,1,7-8H2,2-3H3,(H,15,18,19);6H,2-5H2,1H3/b9-6+,11-5+;. The van der Waals surface area contributed by atoms with Gasteiger partial charge in [0.05, 0.1) is 17.0 Å². The van der Waals surface area contributed by atoms with Gasteiger partial charge in [-0.15, -0.1) is 0 Å². The molecule has 26 heavy (non-hydrogen) atoms. The number of nitrogens with zero attached hydrogens (tertiary/aromatic N) is 3. The number of aryl methyl sites for hydroxylation is 1. The van der Waals surface area contributed by atoms with E-state index >= 15 is 0 Å². The predicted octanol–water partition coefficient (Wildman–Crippen LogP) is -0.771. The minimum absolute atomic E-state index is 0.214. The van der Waals surface area contributed by atoms with Crippen LogP contribution < -0.4 is 21.2 Å². The second kappa shape index (κ2) is 9.45. The average molecular weight is 359 g/mol. The van der Waals surface area contributed by atoms with Crippen LogP contribution in [-0.4, -0.2) is 59.7 Å². The molecule has 1 aromatic rings. The number of piperazine rings is 1. The number of carbonyl (C=O) groups is 2. The van der Waals surface area contributed by atoms with Crippen LogP contribution in [0.15, 0.2) is 12.7 Å². The Morgan fingerprint density at radius 1 is 1.23 bits per heavy atom. The van der Waals surface area contributed by atoms with E-state index in [1.165, 1.54) is 13.1 Å². The Hall–Kier alpha value is -2.25. The van der Waals surface area contributed by atoms with Gasteiger partial charge in [0.1, 0.15) is 0 Å². The average Bonchev–Trinajstić information content (AvgIpc) is 2.92. The van der Waals surface area contributed by atoms with E-state index in [2.05, 4.69) is 34.3 Å². The zero-order valence-electron chi connectivity index (χ0n) is 15.9. The number of imide groups is 1. The lowest BCUT2D eigenvalue weighted by molar-refractivity contribution is -0.134. The number of likely N-dealkylation sites (N-methyl/N-ethyl adjacent to an activating group) is 1. The third-order valence-corrected chi connectivity index (χ3v) is 4.63. The molecule has 1 unspecified atom stereocenters. The maximum absolute atomic E-state index is 11.9. The Bertz CT molecular complexity index is 775. The Balaban J connectivity index is 0.000000290. The molecule has 2 aliphatic heterocycles. The largest absolute Gasteiger partial charge is 0.314 e. The number of allylic oxidation sites excluding steroid dienone is 1. The molecule has 3 rings (SSSR count). The molecule has 2 amide bonds. The fraction of sp³-hybridized carbons (Fsp3) is 0.526. The van der Waals surface area contributed by atoms with Crippen molar-refractivity contribution in [1.29, 1.82) is 0 Å². The molecule has 142 valence electrons. The molecular formula is C19H29N5O2. The summed E-state index contributed by atoms with van der Waals surface area (Å²) >= 11 is 0. The smallest absolute Gasteiger partial charge is 0.235 e. The number of amides is 2. The third-order valence-electron chi connectivity index (χ3n) is 4.63. The van der Waals surface area contributed by atoms with Crippen molar-refractivity contribution in [3.63, 3.8) is 0 Å². The Morgan fingerprint density at radius 3 is 2.42 bits per heavy atom. The van der Waals surface area contributed by atoms with Gasteiger partial charge in [0.25, 0.3) is 0 Å². The van der Waals surface area contributed by atoms with Crippen molar-refractivity contribution in [3.05, 3.63) is 28.9 Å². The molecule has 2 saturated heterocycles. The van der Waals surface area contributed by atoms with Gasteiger partial charge in [-0.3, -0.25) is 19.6 Å². The quantitative estimate of drug-likeness (QED) is 0.678. The maximum Gasteiger partial charge on any atom is 0.235 e. The molecule has 7 heteroatoms. The predicted molar refractivity (Wildman–Crippen MR) is 103 cm³/mol. The number of hydrogen-bond donors (Lipinski definition) is 2. The van der Waals surface area contributed by atoms with Gasteiger partial charge in [-0.05, 0) is 20.4 Å². The van der Waals surface area contributed by atoms with E-state index < -0.39 is 0 Å². The highest BCUT2D eigenvalue weighted by atomic mass is 16.2. The van der Waals surface area contributed by atoms with Crippen molar-refractivity contribution in [1.82, 2.24) is 25.3 Å². The number of rotatable bonds is 2. The number of aromatic nitrogens is 2. The molecule has 1 atom stereocenters. The highest BCUT2D eigenvalue weighted by molar-refractivity contribution is 6.00. The van der Waals surface area contributed by atoms with Crippen LogP contribution in [0.25, 0.3) is 12.2 Å². The summed E-state index contributed by atoms with van der Waals surface area (Å²) in [6.45, 7) is 10.4. The molecule has 1 aromatic heterocycles. The van der Waals surface area contributed by atoms with Crippen molar-refractivity contribution in [3.8, 4) is 0 Å². The van der Waals surface area contributed by atoms with E-state index in [9.17, 15) is 9.59 Å². The molecule has 7 nitrogen and oxygen atoms in total. The van der Waals surface area contributed by atoms with Crippen LogP contribution in [0, 0.1) is 0 Å². The van der Waals surface area contributed by atoms with Gasteiger partial charge in [-0.1, -0.05) is 24.8 Å². The monoisotopic (exact) mass is 359 g/mol. The van der Waals surface area contributed by atoms with Crippen molar-refractivity contribution < 1.29 is 9.59 Å². The van der Waals surface area contributed by atoms with E-state index in [0.717, 1.165) is 23.7 Å². The second-order valence-corrected chi connectivity index (χ2v) is 6.56. The zero-order valence-corrected chi connectivity index (χ0v) is 15.9. The fourth-order valence-electron chi connectivity index (χ4n) is 3.19. The number of piperidine rings is 1. The van der Waals surface area contributed by atoms with Crippen molar-refractivity contribution in [2.45, 2.75) is 25.7 Å². The van der Waals surface area contributed by atoms with Gasteiger partial charge in [-0.25, -0.2) is 0 Å². The first-order valence-electron chi connectivity index (χ1n) is 9.02. The summed E-state index contributed by atoms with van der Waals surface area (Å²) in [5, 5.41) is 11.9. The van der Waals surface area contributed by atoms with E-state index in [4.69, 9.17) is 0 Å². The molecule has 0 radical (unpaired) electrons. The van der Waals surface area contributed by atoms with Gasteiger partial charge in [-0.2, -0.15) is 5.10 Å². The summed E-state index contributed by atoms with van der Waals surface area (Å²) < 4.78 is 1.74. The first-order chi connectivity index (χ1) is 12.5. The minimum atomic E-state index is -0.371. The Kier molecular flexibility index (Phi) is 7.29. The van der Waals surface area contributed by atoms with Crippen LogP contribution in [0.3, 0.4) is 0 Å². The molecular weight excluding hydrogens is 330 g/mol. The fourth-order valence-corrected chi connectivity index (χ4v) is 3.19.